The monoisotopic (exact) mass is 1130 g/mol. The summed E-state index contributed by atoms with van der Waals surface area (Å²) < 4.78 is 97.3. The Balaban J connectivity index is 0.000000201. The highest BCUT2D eigenvalue weighted by Crippen LogP contribution is 2.42. The van der Waals surface area contributed by atoms with Crippen LogP contribution in [0.2, 0.25) is 0 Å². The lowest BCUT2D eigenvalue weighted by molar-refractivity contribution is -0.138. The Hall–Kier alpha value is -5.43. The van der Waals surface area contributed by atoms with Crippen molar-refractivity contribution in [1.82, 2.24) is 24.1 Å². The lowest BCUT2D eigenvalue weighted by atomic mass is 9.93. The predicted molar refractivity (Wildman–Crippen MR) is 283 cm³/mol. The Kier molecular flexibility index (Phi) is 17.4. The number of carbonyl (C=O) groups is 2. The molecule has 0 spiro atoms. The number of rotatable bonds is 13. The minimum absolute atomic E-state index is 0.241. The highest BCUT2D eigenvalue weighted by molar-refractivity contribution is 9.10. The van der Waals surface area contributed by atoms with Crippen molar-refractivity contribution in [1.29, 1.82) is 0 Å². The van der Waals surface area contributed by atoms with E-state index in [1.54, 1.807) is 42.0 Å². The van der Waals surface area contributed by atoms with Crippen molar-refractivity contribution in [2.24, 2.45) is 0 Å². The highest BCUT2D eigenvalue weighted by atomic mass is 79.9. The van der Waals surface area contributed by atoms with E-state index in [0.29, 0.717) is 34.3 Å². The fourth-order valence-corrected chi connectivity index (χ4v) is 12.5. The number of hydrogen-bond donors (Lipinski definition) is 0. The molecule has 3 aromatic heterocycles. The Morgan fingerprint density at radius 3 is 1.49 bits per heavy atom. The molecule has 2 aliphatic heterocycles. The molecule has 0 radical (unpaired) electrons. The smallest absolute Gasteiger partial charge is 0.416 e. The molecule has 9 rings (SSSR count). The van der Waals surface area contributed by atoms with Gasteiger partial charge in [-0.15, -0.1) is 0 Å². The molecule has 0 N–H and O–H groups in total. The molecule has 2 amide bonds. The van der Waals surface area contributed by atoms with Gasteiger partial charge in [-0.05, 0) is 149 Å². The van der Waals surface area contributed by atoms with Gasteiger partial charge >= 0.3 is 24.5 Å². The van der Waals surface area contributed by atoms with Gasteiger partial charge in [0.2, 0.25) is 0 Å². The number of pyridine rings is 2. The number of aromatic nitrogens is 3. The number of anilines is 2. The third-order valence-corrected chi connectivity index (χ3v) is 16.3. The SMILES string of the molecule is CCN(c1ncc(-c2csnc2C)cc1CN1C(=O)O[C@H](c2cc(C)cc(C(F)(F)F)c2)[C@@H]1C)C1CCCCC1.CCN(c1ncc(Br)cc1CN1C(=O)O[C@H](c2cc(C)cc(C(F)(F)F)c2)[C@@H]1C)C1CCCCC1. The van der Waals surface area contributed by atoms with Crippen molar-refractivity contribution < 1.29 is 45.4 Å². The Morgan fingerprint density at radius 2 is 1.08 bits per heavy atom. The Labute approximate surface area is 448 Å². The lowest BCUT2D eigenvalue weighted by Crippen LogP contribution is -2.39. The Morgan fingerprint density at radius 1 is 0.640 bits per heavy atom. The van der Waals surface area contributed by atoms with Crippen LogP contribution in [0.1, 0.15) is 154 Å². The minimum atomic E-state index is -4.48. The van der Waals surface area contributed by atoms with E-state index in [1.165, 1.54) is 50.1 Å². The average Bonchev–Trinajstić information content (AvgIpc) is 4.02. The molecule has 19 heteroatoms. The zero-order valence-corrected chi connectivity index (χ0v) is 45.9. The van der Waals surface area contributed by atoms with E-state index in [-0.39, 0.29) is 13.1 Å². The van der Waals surface area contributed by atoms with Crippen LogP contribution in [0.3, 0.4) is 0 Å². The first-order valence-electron chi connectivity index (χ1n) is 26.0. The van der Waals surface area contributed by atoms with Gasteiger partial charge in [-0.25, -0.2) is 19.6 Å². The third kappa shape index (κ3) is 12.7. The highest BCUT2D eigenvalue weighted by Gasteiger charge is 2.44. The van der Waals surface area contributed by atoms with Crippen molar-refractivity contribution in [3.63, 3.8) is 0 Å². The van der Waals surface area contributed by atoms with Gasteiger partial charge in [0.1, 0.15) is 23.8 Å². The number of nitrogens with zero attached hydrogens (tertiary/aromatic N) is 7. The van der Waals surface area contributed by atoms with Crippen LogP contribution in [0.15, 0.2) is 70.8 Å². The van der Waals surface area contributed by atoms with Crippen LogP contribution >= 0.6 is 27.5 Å². The minimum Gasteiger partial charge on any atom is -0.439 e. The maximum atomic E-state index is 13.5. The molecule has 404 valence electrons. The summed E-state index contributed by atoms with van der Waals surface area (Å²) in [5, 5.41) is 1.99. The number of ether oxygens (including phenoxy) is 2. The zero-order chi connectivity index (χ0) is 53.9. The summed E-state index contributed by atoms with van der Waals surface area (Å²) in [4.78, 5) is 43.6. The number of benzene rings is 2. The van der Waals surface area contributed by atoms with E-state index < -0.39 is 60.0 Å². The molecule has 4 atom stereocenters. The average molecular weight is 1130 g/mol. The molecule has 2 saturated heterocycles. The standard InChI is InChI=1S/C30H35F3N4O2S.C26H31BrF3N3O2/c1-5-36(25-9-7-6-8-10-25)28-23(13-22(15-34-28)26-17-40-35-19(26)3)16-37-20(4)27(39-29(37)38)21-11-18(2)12-24(14-21)30(31,32)33;1-4-32(22-8-6-5-7-9-22)24-19(13-21(27)14-31-24)15-33-17(3)23(35-25(33)34)18-10-16(2)11-20(12-18)26(28,29)30/h11-15,17,20,25,27H,5-10,16H2,1-4H3;10-14,17,22-23H,4-9,15H2,1-3H3/t20-,27-;17-,23-/m00/s1. The van der Waals surface area contributed by atoms with Crippen LogP contribution in [0, 0.1) is 20.8 Å². The third-order valence-electron chi connectivity index (χ3n) is 15.1. The predicted octanol–water partition coefficient (Wildman–Crippen LogP) is 15.5. The molecule has 4 fully saturated rings. The molecule has 5 heterocycles. The van der Waals surface area contributed by atoms with Crippen LogP contribution in [0.5, 0.6) is 0 Å². The first kappa shape index (κ1) is 55.8. The van der Waals surface area contributed by atoms with E-state index in [2.05, 4.69) is 50.0 Å². The molecular formula is C56H66BrF6N7O4S. The topological polar surface area (TPSA) is 104 Å². The van der Waals surface area contributed by atoms with Crippen molar-refractivity contribution in [3.8, 4) is 11.1 Å². The zero-order valence-electron chi connectivity index (χ0n) is 43.5. The van der Waals surface area contributed by atoms with Crippen LogP contribution in [-0.2, 0) is 34.9 Å². The lowest BCUT2D eigenvalue weighted by Gasteiger charge is -2.36. The summed E-state index contributed by atoms with van der Waals surface area (Å²) in [6.45, 7) is 15.2. The van der Waals surface area contributed by atoms with Crippen LogP contribution in [0.25, 0.3) is 11.1 Å². The summed E-state index contributed by atoms with van der Waals surface area (Å²) in [6.07, 6.45) is 3.70. The molecule has 0 unspecified atom stereocenters. The van der Waals surface area contributed by atoms with Crippen molar-refractivity contribution in [3.05, 3.63) is 121 Å². The summed E-state index contributed by atoms with van der Waals surface area (Å²) in [6, 6.07) is 11.6. The van der Waals surface area contributed by atoms with Crippen molar-refractivity contribution in [2.75, 3.05) is 22.9 Å². The van der Waals surface area contributed by atoms with E-state index in [0.717, 1.165) is 107 Å². The number of hydrogen-bond acceptors (Lipinski definition) is 10. The molecule has 4 aliphatic rings. The maximum Gasteiger partial charge on any atom is 0.416 e. The van der Waals surface area contributed by atoms with E-state index in [4.69, 9.17) is 19.4 Å². The Bertz CT molecular complexity index is 2820. The van der Waals surface area contributed by atoms with Crippen molar-refractivity contribution in [2.45, 2.75) is 174 Å². The van der Waals surface area contributed by atoms with Gasteiger partial charge in [0, 0.05) is 69.7 Å². The van der Waals surface area contributed by atoms with Gasteiger partial charge < -0.3 is 19.3 Å². The molecule has 2 aliphatic carbocycles. The first-order valence-corrected chi connectivity index (χ1v) is 27.7. The fourth-order valence-electron chi connectivity index (χ4n) is 11.4. The molecule has 11 nitrogen and oxygen atoms in total. The van der Waals surface area contributed by atoms with Gasteiger partial charge in [-0.2, -0.15) is 30.7 Å². The summed E-state index contributed by atoms with van der Waals surface area (Å²) in [5.41, 5.74) is 4.78. The number of aryl methyl sites for hydroxylation is 3. The van der Waals surface area contributed by atoms with Gasteiger partial charge in [-0.3, -0.25) is 9.80 Å². The molecule has 2 saturated carbocycles. The number of halogens is 7. The second-order valence-corrected chi connectivity index (χ2v) is 22.0. The number of alkyl halides is 6. The summed E-state index contributed by atoms with van der Waals surface area (Å²) in [5.74, 6) is 1.69. The summed E-state index contributed by atoms with van der Waals surface area (Å²) >= 11 is 4.89. The van der Waals surface area contributed by atoms with Gasteiger partial charge in [0.25, 0.3) is 0 Å². The number of carbonyl (C=O) groups excluding carboxylic acids is 2. The van der Waals surface area contributed by atoms with Crippen LogP contribution in [-0.4, -0.2) is 73.6 Å². The van der Waals surface area contributed by atoms with E-state index >= 15 is 0 Å². The van der Waals surface area contributed by atoms with E-state index in [1.807, 2.05) is 38.4 Å². The normalized spacial score (nSPS) is 20.7. The molecule has 2 aromatic carbocycles. The van der Waals surface area contributed by atoms with Crippen LogP contribution in [0.4, 0.5) is 47.6 Å². The number of amides is 2. The molecule has 5 aromatic rings. The maximum absolute atomic E-state index is 13.5. The molecular weight excluding hydrogens is 1060 g/mol. The second-order valence-electron chi connectivity index (χ2n) is 20.4. The van der Waals surface area contributed by atoms with Gasteiger partial charge in [-0.1, -0.05) is 61.8 Å². The quantitative estimate of drug-likeness (QED) is 0.107. The van der Waals surface area contributed by atoms with E-state index in [9.17, 15) is 35.9 Å². The number of cyclic esters (lactones) is 2. The fraction of sp³-hybridized carbons (Fsp3) is 0.518. The van der Waals surface area contributed by atoms with Gasteiger partial charge in [0.15, 0.2) is 0 Å². The molecule has 75 heavy (non-hydrogen) atoms. The van der Waals surface area contributed by atoms with Crippen molar-refractivity contribution >= 4 is 51.3 Å². The van der Waals surface area contributed by atoms with Gasteiger partial charge in [0.05, 0.1) is 42.0 Å². The largest absolute Gasteiger partial charge is 0.439 e. The second kappa shape index (κ2) is 23.4. The first-order chi connectivity index (χ1) is 35.6. The summed E-state index contributed by atoms with van der Waals surface area (Å²) in [7, 11) is 0. The van der Waals surface area contributed by atoms with Crippen LogP contribution < -0.4 is 9.80 Å². The molecule has 0 bridgehead atoms.